The quantitative estimate of drug-likeness (QED) is 0.697. The van der Waals surface area contributed by atoms with Crippen LogP contribution in [0.4, 0.5) is 0 Å². The molecule has 6 heteroatoms. The fraction of sp³-hybridized carbons (Fsp3) is 0.444. The Bertz CT molecular complexity index is 647. The Hall–Kier alpha value is -2.02. The van der Waals surface area contributed by atoms with Crippen molar-refractivity contribution < 1.29 is 28.9 Å². The Balaban J connectivity index is 1.91. The van der Waals surface area contributed by atoms with Gasteiger partial charge in [0.2, 0.25) is 0 Å². The topological polar surface area (TPSA) is 82.1 Å². The van der Waals surface area contributed by atoms with Crippen LogP contribution in [0.5, 0.6) is 5.75 Å². The number of ether oxygens (including phenoxy) is 3. The third-order valence-electron chi connectivity index (χ3n) is 3.78. The van der Waals surface area contributed by atoms with Crippen molar-refractivity contribution in [2.24, 2.45) is 0 Å². The molecule has 1 aliphatic carbocycles. The molecule has 0 heterocycles. The first-order valence-corrected chi connectivity index (χ1v) is 7.92. The van der Waals surface area contributed by atoms with Crippen LogP contribution in [0.15, 0.2) is 29.3 Å². The van der Waals surface area contributed by atoms with Crippen LogP contribution in [0.25, 0.3) is 0 Å². The number of hydrogen-bond donors (Lipinski definition) is 1. The summed E-state index contributed by atoms with van der Waals surface area (Å²) in [7, 11) is 0. The summed E-state index contributed by atoms with van der Waals surface area (Å²) in [5.74, 6) is -0.806. The van der Waals surface area contributed by atoms with Crippen LogP contribution in [0.2, 0.25) is 0 Å². The van der Waals surface area contributed by atoms with Gasteiger partial charge in [-0.2, -0.15) is 0 Å². The summed E-state index contributed by atoms with van der Waals surface area (Å²) < 4.78 is 15.9. The molecule has 1 aromatic carbocycles. The molecule has 24 heavy (non-hydrogen) atoms. The molecule has 0 radical (unpaired) electrons. The van der Waals surface area contributed by atoms with Crippen LogP contribution in [0, 0.1) is 0 Å². The average Bonchev–Trinajstić information content (AvgIpc) is 2.57. The Morgan fingerprint density at radius 1 is 0.958 bits per heavy atom. The summed E-state index contributed by atoms with van der Waals surface area (Å²) in [4.78, 5) is 24.9. The maximum absolute atomic E-state index is 12.5. The Kier molecular flexibility index (Phi) is 6.66. The van der Waals surface area contributed by atoms with Gasteiger partial charge in [0.15, 0.2) is 11.6 Å². The zero-order valence-corrected chi connectivity index (χ0v) is 14.0. The molecule has 2 rings (SSSR count). The molecule has 0 amide bonds. The molecular weight excluding hydrogens is 312 g/mol. The molecule has 0 aromatic heterocycles. The summed E-state index contributed by atoms with van der Waals surface area (Å²) in [5.41, 5.74) is 0.929. The number of phenolic OH excluding ortho intramolecular Hbond substituents is 1. The number of rotatable bonds is 9. The van der Waals surface area contributed by atoms with Gasteiger partial charge >= 0.3 is 0 Å². The monoisotopic (exact) mass is 334 g/mol. The minimum absolute atomic E-state index is 0.0129. The number of hydrogen-bond acceptors (Lipinski definition) is 6. The SMILES string of the molecule is CCOCCOCCOCC1=C(C)C(=O)c2cccc(O)c2C1=O. The first-order valence-electron chi connectivity index (χ1n) is 7.92. The second kappa shape index (κ2) is 8.73. The standard InChI is InChI=1S/C18H22O6/c1-3-22-7-8-23-9-10-24-11-14-12(2)17(20)13-5-4-6-15(19)16(13)18(14)21/h4-6,19H,3,7-11H2,1-2H3. The van der Waals surface area contributed by atoms with E-state index < -0.39 is 0 Å². The average molecular weight is 334 g/mol. The second-order valence-corrected chi connectivity index (χ2v) is 5.32. The second-order valence-electron chi connectivity index (χ2n) is 5.32. The van der Waals surface area contributed by atoms with Gasteiger partial charge in [0.25, 0.3) is 0 Å². The summed E-state index contributed by atoms with van der Waals surface area (Å²) in [5, 5.41) is 9.89. The first kappa shape index (κ1) is 18.3. The molecule has 6 nitrogen and oxygen atoms in total. The number of Topliss-reactive ketones (excluding diaryl/α,β-unsaturated/α-hetero) is 2. The molecule has 0 unspecified atom stereocenters. The van der Waals surface area contributed by atoms with E-state index in [0.717, 1.165) is 0 Å². The van der Waals surface area contributed by atoms with E-state index in [-0.39, 0.29) is 40.6 Å². The Morgan fingerprint density at radius 3 is 2.33 bits per heavy atom. The van der Waals surface area contributed by atoms with Crippen molar-refractivity contribution in [3.05, 3.63) is 40.5 Å². The van der Waals surface area contributed by atoms with Crippen molar-refractivity contribution in [2.45, 2.75) is 13.8 Å². The molecule has 0 saturated heterocycles. The molecule has 1 aliphatic rings. The molecule has 0 spiro atoms. The van der Waals surface area contributed by atoms with E-state index in [4.69, 9.17) is 14.2 Å². The highest BCUT2D eigenvalue weighted by Crippen LogP contribution is 2.31. The van der Waals surface area contributed by atoms with Crippen molar-refractivity contribution >= 4 is 11.6 Å². The molecule has 0 bridgehead atoms. The largest absolute Gasteiger partial charge is 0.507 e. The third kappa shape index (κ3) is 4.08. The van der Waals surface area contributed by atoms with E-state index in [1.165, 1.54) is 6.07 Å². The van der Waals surface area contributed by atoms with E-state index in [1.54, 1.807) is 19.1 Å². The van der Waals surface area contributed by atoms with Crippen molar-refractivity contribution in [3.8, 4) is 5.75 Å². The summed E-state index contributed by atoms with van der Waals surface area (Å²) in [6.45, 7) is 5.88. The molecule has 130 valence electrons. The van der Waals surface area contributed by atoms with Gasteiger partial charge in [-0.05, 0) is 19.9 Å². The highest BCUT2D eigenvalue weighted by molar-refractivity contribution is 6.27. The predicted octanol–water partition coefficient (Wildman–Crippen LogP) is 2.16. The molecule has 0 aliphatic heterocycles. The molecule has 0 atom stereocenters. The van der Waals surface area contributed by atoms with E-state index in [0.29, 0.717) is 38.6 Å². The molecule has 1 aromatic rings. The Morgan fingerprint density at radius 2 is 1.62 bits per heavy atom. The highest BCUT2D eigenvalue weighted by Gasteiger charge is 2.31. The van der Waals surface area contributed by atoms with E-state index >= 15 is 0 Å². The van der Waals surface area contributed by atoms with Gasteiger partial charge in [0.1, 0.15) is 5.75 Å². The number of aromatic hydroxyl groups is 1. The fourth-order valence-electron chi connectivity index (χ4n) is 2.46. The van der Waals surface area contributed by atoms with Crippen molar-refractivity contribution in [2.75, 3.05) is 39.6 Å². The maximum Gasteiger partial charge on any atom is 0.196 e. The zero-order chi connectivity index (χ0) is 17.5. The van der Waals surface area contributed by atoms with Crippen molar-refractivity contribution in [1.29, 1.82) is 0 Å². The normalized spacial score (nSPS) is 14.2. The lowest BCUT2D eigenvalue weighted by Crippen LogP contribution is -2.24. The van der Waals surface area contributed by atoms with Crippen LogP contribution in [0.3, 0.4) is 0 Å². The van der Waals surface area contributed by atoms with Crippen LogP contribution in [-0.2, 0) is 14.2 Å². The predicted molar refractivity (Wildman–Crippen MR) is 87.6 cm³/mol. The molecule has 0 saturated carbocycles. The van der Waals surface area contributed by atoms with Gasteiger partial charge in [0.05, 0.1) is 38.6 Å². The zero-order valence-electron chi connectivity index (χ0n) is 14.0. The van der Waals surface area contributed by atoms with Gasteiger partial charge in [-0.15, -0.1) is 0 Å². The Labute approximate surface area is 141 Å². The minimum atomic E-state index is -0.363. The maximum atomic E-state index is 12.5. The van der Waals surface area contributed by atoms with Gasteiger partial charge in [-0.1, -0.05) is 12.1 Å². The highest BCUT2D eigenvalue weighted by atomic mass is 16.5. The van der Waals surface area contributed by atoms with Gasteiger partial charge in [0, 0.05) is 23.3 Å². The summed E-state index contributed by atoms with van der Waals surface area (Å²) in [6, 6.07) is 4.49. The van der Waals surface area contributed by atoms with E-state index in [9.17, 15) is 14.7 Å². The van der Waals surface area contributed by atoms with Gasteiger partial charge in [-0.3, -0.25) is 9.59 Å². The lowest BCUT2D eigenvalue weighted by Gasteiger charge is -2.19. The number of carbonyl (C=O) groups excluding carboxylic acids is 2. The van der Waals surface area contributed by atoms with Gasteiger partial charge in [-0.25, -0.2) is 0 Å². The fourth-order valence-corrected chi connectivity index (χ4v) is 2.46. The number of fused-ring (bicyclic) bond motifs is 1. The number of benzene rings is 1. The van der Waals surface area contributed by atoms with E-state index in [1.807, 2.05) is 6.92 Å². The third-order valence-corrected chi connectivity index (χ3v) is 3.78. The van der Waals surface area contributed by atoms with Crippen LogP contribution in [-0.4, -0.2) is 56.3 Å². The number of allylic oxidation sites excluding steroid dienone is 1. The molecular formula is C18H22O6. The number of phenols is 1. The van der Waals surface area contributed by atoms with Crippen LogP contribution in [0.1, 0.15) is 34.6 Å². The summed E-state index contributed by atoms with van der Waals surface area (Å²) in [6.07, 6.45) is 0. The number of ketones is 2. The smallest absolute Gasteiger partial charge is 0.196 e. The molecule has 0 fully saturated rings. The first-order chi connectivity index (χ1) is 11.6. The van der Waals surface area contributed by atoms with Crippen LogP contribution >= 0.6 is 0 Å². The lowest BCUT2D eigenvalue weighted by molar-refractivity contribution is 0.0209. The number of carbonyl (C=O) groups is 2. The van der Waals surface area contributed by atoms with Crippen molar-refractivity contribution in [3.63, 3.8) is 0 Å². The minimum Gasteiger partial charge on any atom is -0.507 e. The summed E-state index contributed by atoms with van der Waals surface area (Å²) >= 11 is 0. The van der Waals surface area contributed by atoms with Crippen molar-refractivity contribution in [1.82, 2.24) is 0 Å². The van der Waals surface area contributed by atoms with Crippen LogP contribution < -0.4 is 0 Å². The lowest BCUT2D eigenvalue weighted by atomic mass is 9.84. The van der Waals surface area contributed by atoms with E-state index in [2.05, 4.69) is 0 Å². The van der Waals surface area contributed by atoms with Gasteiger partial charge < -0.3 is 19.3 Å². The molecule has 1 N–H and O–H groups in total.